The summed E-state index contributed by atoms with van der Waals surface area (Å²) >= 11 is 3.35. The van der Waals surface area contributed by atoms with Gasteiger partial charge in [-0.15, -0.1) is 0 Å². The fourth-order valence-corrected chi connectivity index (χ4v) is 3.72. The minimum atomic E-state index is -0.193. The van der Waals surface area contributed by atoms with Crippen molar-refractivity contribution in [2.75, 3.05) is 6.54 Å². The second-order valence-corrected chi connectivity index (χ2v) is 6.61. The van der Waals surface area contributed by atoms with Gasteiger partial charge in [0.05, 0.1) is 0 Å². The molecule has 1 unspecified atom stereocenters. The molecule has 0 bridgehead atoms. The van der Waals surface area contributed by atoms with Gasteiger partial charge in [0.2, 0.25) is 0 Å². The summed E-state index contributed by atoms with van der Waals surface area (Å²) in [5.41, 5.74) is 3.83. The number of aromatic nitrogens is 1. The first-order chi connectivity index (χ1) is 10.2. The predicted octanol–water partition coefficient (Wildman–Crippen LogP) is 4.42. The normalized spacial score (nSPS) is 17.8. The first-order valence-electron chi connectivity index (χ1n) is 7.52. The Kier molecular flexibility index (Phi) is 4.45. The van der Waals surface area contributed by atoms with Crippen LogP contribution in [0.25, 0.3) is 0 Å². The van der Waals surface area contributed by atoms with Crippen LogP contribution in [0.5, 0.6) is 0 Å². The van der Waals surface area contributed by atoms with Crippen LogP contribution >= 0.6 is 15.9 Å². The van der Waals surface area contributed by atoms with Crippen molar-refractivity contribution in [2.24, 2.45) is 0 Å². The summed E-state index contributed by atoms with van der Waals surface area (Å²) in [7, 11) is 0. The van der Waals surface area contributed by atoms with Crippen LogP contribution in [-0.2, 0) is 13.0 Å². The summed E-state index contributed by atoms with van der Waals surface area (Å²) in [6.45, 7) is 3.85. The summed E-state index contributed by atoms with van der Waals surface area (Å²) in [6.07, 6.45) is 8.03. The fraction of sp³-hybridized carbons (Fsp3) is 0.412. The van der Waals surface area contributed by atoms with Gasteiger partial charge >= 0.3 is 0 Å². The molecule has 1 heterocycles. The lowest BCUT2D eigenvalue weighted by atomic mass is 9.91. The molecule has 4 heteroatoms. The van der Waals surface area contributed by atoms with Crippen LogP contribution in [0, 0.1) is 5.82 Å². The number of nitrogens with zero attached hydrogens (tertiary/aromatic N) is 1. The van der Waals surface area contributed by atoms with E-state index >= 15 is 0 Å². The van der Waals surface area contributed by atoms with Crippen LogP contribution in [0.1, 0.15) is 42.5 Å². The Morgan fingerprint density at radius 2 is 2.19 bits per heavy atom. The Bertz CT molecular complexity index is 615. The van der Waals surface area contributed by atoms with Crippen molar-refractivity contribution in [3.05, 3.63) is 57.6 Å². The topological polar surface area (TPSA) is 17.0 Å². The van der Waals surface area contributed by atoms with E-state index in [2.05, 4.69) is 45.1 Å². The number of fused-ring (bicyclic) bond motifs is 1. The van der Waals surface area contributed by atoms with Gasteiger partial charge in [0.15, 0.2) is 0 Å². The molecule has 1 aliphatic carbocycles. The third kappa shape index (κ3) is 3.38. The minimum Gasteiger partial charge on any atom is -0.349 e. The van der Waals surface area contributed by atoms with E-state index in [0.717, 1.165) is 23.0 Å². The second kappa shape index (κ2) is 6.32. The van der Waals surface area contributed by atoms with Crippen LogP contribution in [0.15, 0.2) is 35.1 Å². The molecular weight excluding hydrogens is 331 g/mol. The SMILES string of the molecule is CCNC1CCCc2cn(Cc3cc(F)cc(Br)c3)cc21. The van der Waals surface area contributed by atoms with Crippen molar-refractivity contribution < 1.29 is 4.39 Å². The molecule has 3 rings (SSSR count). The molecule has 2 aromatic rings. The molecule has 0 saturated heterocycles. The van der Waals surface area contributed by atoms with E-state index in [1.807, 2.05) is 6.07 Å². The zero-order valence-corrected chi connectivity index (χ0v) is 13.8. The smallest absolute Gasteiger partial charge is 0.124 e. The number of aryl methyl sites for hydroxylation is 1. The Labute approximate surface area is 133 Å². The first kappa shape index (κ1) is 14.8. The van der Waals surface area contributed by atoms with Gasteiger partial charge in [0.25, 0.3) is 0 Å². The standard InChI is InChI=1S/C17H20BrFN2/c1-2-20-17-5-3-4-13-10-21(11-16(13)17)9-12-6-14(18)8-15(19)7-12/h6-8,10-11,17,20H,2-5,9H2,1H3. The molecule has 1 aliphatic rings. The lowest BCUT2D eigenvalue weighted by molar-refractivity contribution is 0.473. The van der Waals surface area contributed by atoms with Crippen LogP contribution in [-0.4, -0.2) is 11.1 Å². The van der Waals surface area contributed by atoms with Crippen molar-refractivity contribution in [1.29, 1.82) is 0 Å². The Morgan fingerprint density at radius 3 is 2.95 bits per heavy atom. The zero-order valence-electron chi connectivity index (χ0n) is 12.2. The highest BCUT2D eigenvalue weighted by molar-refractivity contribution is 9.10. The molecule has 1 atom stereocenters. The maximum absolute atomic E-state index is 13.5. The molecule has 1 aromatic heterocycles. The van der Waals surface area contributed by atoms with Crippen LogP contribution < -0.4 is 5.32 Å². The molecule has 112 valence electrons. The van der Waals surface area contributed by atoms with Gasteiger partial charge in [-0.3, -0.25) is 0 Å². The van der Waals surface area contributed by atoms with Gasteiger partial charge < -0.3 is 9.88 Å². The number of benzene rings is 1. The Hall–Kier alpha value is -1.13. The van der Waals surface area contributed by atoms with Crippen molar-refractivity contribution >= 4 is 15.9 Å². The van der Waals surface area contributed by atoms with Gasteiger partial charge in [0.1, 0.15) is 5.82 Å². The molecule has 21 heavy (non-hydrogen) atoms. The molecule has 1 N–H and O–H groups in total. The van der Waals surface area contributed by atoms with Gasteiger partial charge in [0, 0.05) is 29.5 Å². The predicted molar refractivity (Wildman–Crippen MR) is 87.0 cm³/mol. The number of halogens is 2. The van der Waals surface area contributed by atoms with E-state index in [1.54, 1.807) is 6.07 Å². The fourth-order valence-electron chi connectivity index (χ4n) is 3.21. The van der Waals surface area contributed by atoms with Gasteiger partial charge in [-0.05, 0) is 60.7 Å². The van der Waals surface area contributed by atoms with E-state index in [9.17, 15) is 4.39 Å². The third-order valence-electron chi connectivity index (χ3n) is 4.05. The molecule has 2 nitrogen and oxygen atoms in total. The van der Waals surface area contributed by atoms with E-state index in [0.29, 0.717) is 12.6 Å². The molecule has 0 spiro atoms. The highest BCUT2D eigenvalue weighted by atomic mass is 79.9. The van der Waals surface area contributed by atoms with E-state index < -0.39 is 0 Å². The van der Waals surface area contributed by atoms with Gasteiger partial charge in [-0.25, -0.2) is 4.39 Å². The maximum atomic E-state index is 13.5. The quantitative estimate of drug-likeness (QED) is 0.863. The first-order valence-corrected chi connectivity index (χ1v) is 8.32. The summed E-state index contributed by atoms with van der Waals surface area (Å²) in [4.78, 5) is 0. The number of rotatable bonds is 4. The molecule has 0 amide bonds. The largest absolute Gasteiger partial charge is 0.349 e. The number of hydrogen-bond donors (Lipinski definition) is 1. The number of nitrogens with one attached hydrogen (secondary N) is 1. The Morgan fingerprint density at radius 1 is 1.33 bits per heavy atom. The molecule has 0 aliphatic heterocycles. The third-order valence-corrected chi connectivity index (χ3v) is 4.51. The molecule has 0 radical (unpaired) electrons. The van der Waals surface area contributed by atoms with E-state index in [1.165, 1.54) is 30.0 Å². The van der Waals surface area contributed by atoms with Crippen molar-refractivity contribution in [3.8, 4) is 0 Å². The minimum absolute atomic E-state index is 0.193. The van der Waals surface area contributed by atoms with Crippen molar-refractivity contribution in [3.63, 3.8) is 0 Å². The van der Waals surface area contributed by atoms with Gasteiger partial charge in [-0.1, -0.05) is 22.9 Å². The van der Waals surface area contributed by atoms with Gasteiger partial charge in [-0.2, -0.15) is 0 Å². The lowest BCUT2D eigenvalue weighted by Crippen LogP contribution is -2.23. The van der Waals surface area contributed by atoms with E-state index in [4.69, 9.17) is 0 Å². The second-order valence-electron chi connectivity index (χ2n) is 5.69. The van der Waals surface area contributed by atoms with Crippen LogP contribution in [0.3, 0.4) is 0 Å². The Balaban J connectivity index is 1.84. The average molecular weight is 351 g/mol. The molecule has 0 fully saturated rings. The van der Waals surface area contributed by atoms with Crippen LogP contribution in [0.4, 0.5) is 4.39 Å². The summed E-state index contributed by atoms with van der Waals surface area (Å²) in [5, 5.41) is 3.56. The maximum Gasteiger partial charge on any atom is 0.124 e. The summed E-state index contributed by atoms with van der Waals surface area (Å²) in [6, 6.07) is 5.54. The highest BCUT2D eigenvalue weighted by Gasteiger charge is 2.21. The molecule has 0 saturated carbocycles. The summed E-state index contributed by atoms with van der Waals surface area (Å²) < 4.78 is 16.4. The summed E-state index contributed by atoms with van der Waals surface area (Å²) in [5.74, 6) is -0.193. The highest BCUT2D eigenvalue weighted by Crippen LogP contribution is 2.30. The zero-order chi connectivity index (χ0) is 14.8. The molecular formula is C17H20BrFN2. The average Bonchev–Trinajstić information content (AvgIpc) is 2.81. The molecule has 1 aromatic carbocycles. The van der Waals surface area contributed by atoms with Crippen molar-refractivity contribution in [1.82, 2.24) is 9.88 Å². The number of hydrogen-bond acceptors (Lipinski definition) is 1. The van der Waals surface area contributed by atoms with Crippen LogP contribution in [0.2, 0.25) is 0 Å². The van der Waals surface area contributed by atoms with E-state index in [-0.39, 0.29) is 5.82 Å². The van der Waals surface area contributed by atoms with Crippen molar-refractivity contribution in [2.45, 2.75) is 38.8 Å². The monoisotopic (exact) mass is 350 g/mol. The lowest BCUT2D eigenvalue weighted by Gasteiger charge is -2.22.